The first kappa shape index (κ1) is 37.7. The molecule has 292 valence electrons. The number of hydrogen-bond donors (Lipinski definition) is 2. The van der Waals surface area contributed by atoms with Crippen molar-refractivity contribution in [1.29, 1.82) is 0 Å². The molecule has 57 heavy (non-hydrogen) atoms. The maximum absolute atomic E-state index is 14.6. The van der Waals surface area contributed by atoms with Crippen LogP contribution in [0.3, 0.4) is 0 Å². The summed E-state index contributed by atoms with van der Waals surface area (Å²) in [6.07, 6.45) is 5.47. The summed E-state index contributed by atoms with van der Waals surface area (Å²) in [7, 11) is 0. The van der Waals surface area contributed by atoms with E-state index in [9.17, 15) is 28.4 Å². The van der Waals surface area contributed by atoms with E-state index in [1.807, 2.05) is 64.2 Å². The number of piperidine rings is 2. The Hall–Kier alpha value is -6.16. The number of rotatable bonds is 12. The molecule has 8 rings (SSSR count). The van der Waals surface area contributed by atoms with Crippen LogP contribution >= 0.6 is 11.8 Å². The Balaban J connectivity index is 0.863. The van der Waals surface area contributed by atoms with E-state index < -0.39 is 35.5 Å². The summed E-state index contributed by atoms with van der Waals surface area (Å²) in [4.78, 5) is 75.9. The predicted molar refractivity (Wildman–Crippen MR) is 209 cm³/mol. The smallest absolute Gasteiger partial charge is 0.263 e. The Morgan fingerprint density at radius 2 is 1.74 bits per heavy atom. The number of imide groups is 2. The number of halogens is 1. The van der Waals surface area contributed by atoms with Crippen LogP contribution in [0.15, 0.2) is 78.0 Å². The molecule has 3 aliphatic heterocycles. The molecule has 2 fully saturated rings. The van der Waals surface area contributed by atoms with E-state index in [0.717, 1.165) is 41.5 Å². The van der Waals surface area contributed by atoms with E-state index in [1.54, 1.807) is 0 Å². The van der Waals surface area contributed by atoms with Gasteiger partial charge in [0.05, 0.1) is 22.6 Å². The quantitative estimate of drug-likeness (QED) is 0.0869. The molecular formula is C41H39FN8O6S. The molecule has 0 radical (unpaired) electrons. The van der Waals surface area contributed by atoms with Gasteiger partial charge in [0.2, 0.25) is 17.7 Å². The normalized spacial score (nSPS) is 18.3. The number of nitrogen functional groups attached to an aromatic ring is 1. The van der Waals surface area contributed by atoms with Crippen molar-refractivity contribution in [3.8, 4) is 22.8 Å². The number of carbonyl (C=O) groups excluding carboxylic acids is 5. The molecule has 2 saturated heterocycles. The average Bonchev–Trinajstić information content (AvgIpc) is 3.72. The zero-order chi connectivity index (χ0) is 39.6. The number of nitrogens with one attached hydrogen (secondary N) is 1. The molecule has 5 aromatic rings. The van der Waals surface area contributed by atoms with Gasteiger partial charge in [-0.25, -0.2) is 19.0 Å². The van der Waals surface area contributed by atoms with E-state index in [1.165, 1.54) is 24.2 Å². The number of ether oxygens (including phenoxy) is 1. The molecule has 2 unspecified atom stereocenters. The fourth-order valence-corrected chi connectivity index (χ4v) is 8.78. The monoisotopic (exact) mass is 790 g/mol. The summed E-state index contributed by atoms with van der Waals surface area (Å²) in [6.45, 7) is 1.12. The van der Waals surface area contributed by atoms with Gasteiger partial charge in [-0.1, -0.05) is 24.6 Å². The standard InChI is InChI=1S/C41H39FN8O6S/c42-25-20-29-34(41(55)49(40(29)54)30-16-17-32(51)46-39(30)53)31(21-25)57-19-6-2-5-11-33(52)48-18-7-8-26(22-48)50-38-35(37(43)44-23-45-38)36(47-50)24-12-14-28(15-13-24)56-27-9-3-1-4-10-27/h1,3-4,9-10,12-15,20-21,23,26,30H,2,5-8,11,16-19,22H2,(H2,43,44,45)(H,46,51,53). The molecule has 3 aliphatic rings. The van der Waals surface area contributed by atoms with Crippen LogP contribution in [0.5, 0.6) is 11.5 Å². The minimum Gasteiger partial charge on any atom is -0.457 e. The summed E-state index contributed by atoms with van der Waals surface area (Å²) in [5.74, 6) is -0.953. The van der Waals surface area contributed by atoms with Crippen LogP contribution in [-0.2, 0) is 14.4 Å². The van der Waals surface area contributed by atoms with Gasteiger partial charge in [-0.3, -0.25) is 34.2 Å². The number of aromatic nitrogens is 4. The number of fused-ring (bicyclic) bond motifs is 2. The Kier molecular flexibility index (Phi) is 10.7. The average molecular weight is 791 g/mol. The fourth-order valence-electron chi connectivity index (χ4n) is 7.67. The van der Waals surface area contributed by atoms with Gasteiger partial charge >= 0.3 is 0 Å². The third kappa shape index (κ3) is 7.68. The Labute approximate surface area is 331 Å². The molecule has 0 bridgehead atoms. The van der Waals surface area contributed by atoms with Crippen LogP contribution in [0.1, 0.15) is 78.1 Å². The van der Waals surface area contributed by atoms with E-state index in [4.69, 9.17) is 15.6 Å². The van der Waals surface area contributed by atoms with Crippen LogP contribution in [0.2, 0.25) is 0 Å². The van der Waals surface area contributed by atoms with Gasteiger partial charge in [0.25, 0.3) is 11.8 Å². The van der Waals surface area contributed by atoms with Crippen molar-refractivity contribution in [3.63, 3.8) is 0 Å². The molecule has 5 heterocycles. The molecule has 0 saturated carbocycles. The van der Waals surface area contributed by atoms with Crippen molar-refractivity contribution in [2.75, 3.05) is 24.6 Å². The van der Waals surface area contributed by atoms with E-state index in [0.29, 0.717) is 71.3 Å². The van der Waals surface area contributed by atoms with Crippen LogP contribution in [-0.4, -0.2) is 84.0 Å². The highest BCUT2D eigenvalue weighted by atomic mass is 32.2. The highest BCUT2D eigenvalue weighted by Gasteiger charge is 2.46. The zero-order valence-corrected chi connectivity index (χ0v) is 31.7. The first-order chi connectivity index (χ1) is 27.7. The summed E-state index contributed by atoms with van der Waals surface area (Å²) >= 11 is 1.26. The van der Waals surface area contributed by atoms with Gasteiger partial charge in [0.1, 0.15) is 41.2 Å². The molecule has 3 N–H and O–H groups in total. The minimum atomic E-state index is -1.13. The van der Waals surface area contributed by atoms with Crippen molar-refractivity contribution in [1.82, 2.24) is 34.9 Å². The Bertz CT molecular complexity index is 2390. The lowest BCUT2D eigenvalue weighted by Crippen LogP contribution is -2.54. The van der Waals surface area contributed by atoms with Gasteiger partial charge in [-0.2, -0.15) is 5.10 Å². The summed E-state index contributed by atoms with van der Waals surface area (Å²) in [5.41, 5.74) is 8.47. The first-order valence-electron chi connectivity index (χ1n) is 18.9. The minimum absolute atomic E-state index is 0.00343. The maximum atomic E-state index is 14.6. The molecule has 0 aliphatic carbocycles. The first-order valence-corrected chi connectivity index (χ1v) is 19.9. The summed E-state index contributed by atoms with van der Waals surface area (Å²) in [6, 6.07) is 18.1. The fraction of sp³-hybridized carbons (Fsp3) is 0.317. The number of anilines is 1. The van der Waals surface area contributed by atoms with Crippen molar-refractivity contribution >= 4 is 58.1 Å². The third-order valence-corrected chi connectivity index (χ3v) is 11.6. The lowest BCUT2D eigenvalue weighted by Gasteiger charge is -2.33. The van der Waals surface area contributed by atoms with Crippen LogP contribution in [0.25, 0.3) is 22.3 Å². The molecule has 0 spiro atoms. The molecule has 2 atom stereocenters. The van der Waals surface area contributed by atoms with Gasteiger partial charge in [0, 0.05) is 36.4 Å². The summed E-state index contributed by atoms with van der Waals surface area (Å²) < 4.78 is 22.5. The number of thioether (sulfide) groups is 1. The van der Waals surface area contributed by atoms with Crippen LogP contribution in [0.4, 0.5) is 10.2 Å². The van der Waals surface area contributed by atoms with Gasteiger partial charge in [-0.05, 0) is 86.4 Å². The van der Waals surface area contributed by atoms with E-state index >= 15 is 0 Å². The van der Waals surface area contributed by atoms with Crippen molar-refractivity contribution in [2.24, 2.45) is 0 Å². The van der Waals surface area contributed by atoms with Crippen molar-refractivity contribution < 1.29 is 33.1 Å². The van der Waals surface area contributed by atoms with Crippen LogP contribution in [0, 0.1) is 5.82 Å². The Morgan fingerprint density at radius 3 is 2.53 bits per heavy atom. The number of amides is 5. The molecule has 2 aromatic heterocycles. The topological polar surface area (TPSA) is 183 Å². The SMILES string of the molecule is Nc1ncnc2c1c(-c1ccc(Oc3ccccc3)cc1)nn2C1CCCN(C(=O)CCCCCSc2cc(F)cc3c2C(=O)N(C2CCC(=O)NC2=O)C3=O)C1. The van der Waals surface area contributed by atoms with E-state index in [2.05, 4.69) is 15.3 Å². The number of nitrogens with two attached hydrogens (primary N) is 1. The lowest BCUT2D eigenvalue weighted by atomic mass is 10.0. The molecule has 16 heteroatoms. The van der Waals surface area contributed by atoms with Crippen molar-refractivity contribution in [3.05, 3.63) is 90.0 Å². The largest absolute Gasteiger partial charge is 0.457 e. The number of benzene rings is 3. The van der Waals surface area contributed by atoms with Crippen LogP contribution < -0.4 is 15.8 Å². The third-order valence-electron chi connectivity index (χ3n) is 10.5. The predicted octanol–water partition coefficient (Wildman–Crippen LogP) is 5.92. The number of nitrogens with zero attached hydrogens (tertiary/aromatic N) is 6. The molecular weight excluding hydrogens is 752 g/mol. The number of para-hydroxylation sites is 1. The second-order valence-electron chi connectivity index (χ2n) is 14.3. The number of likely N-dealkylation sites (tertiary alicyclic amines) is 1. The summed E-state index contributed by atoms with van der Waals surface area (Å²) in [5, 5.41) is 7.82. The highest BCUT2D eigenvalue weighted by Crippen LogP contribution is 2.37. The lowest BCUT2D eigenvalue weighted by molar-refractivity contribution is -0.136. The van der Waals surface area contributed by atoms with Gasteiger partial charge < -0.3 is 15.4 Å². The van der Waals surface area contributed by atoms with Gasteiger partial charge in [-0.15, -0.1) is 11.8 Å². The molecule has 14 nitrogen and oxygen atoms in total. The number of unbranched alkanes of at least 4 members (excludes halogenated alkanes) is 2. The van der Waals surface area contributed by atoms with Crippen molar-refractivity contribution in [2.45, 2.75) is 68.3 Å². The Morgan fingerprint density at radius 1 is 0.947 bits per heavy atom. The molecule has 3 aromatic carbocycles. The van der Waals surface area contributed by atoms with E-state index in [-0.39, 0.29) is 35.9 Å². The van der Waals surface area contributed by atoms with Gasteiger partial charge in [0.15, 0.2) is 5.65 Å². The number of hydrogen-bond acceptors (Lipinski definition) is 11. The highest BCUT2D eigenvalue weighted by molar-refractivity contribution is 7.99. The maximum Gasteiger partial charge on any atom is 0.263 e. The molecule has 5 amide bonds. The second-order valence-corrected chi connectivity index (χ2v) is 15.4. The second kappa shape index (κ2) is 16.1. The number of carbonyl (C=O) groups is 5. The zero-order valence-electron chi connectivity index (χ0n) is 30.9.